The van der Waals surface area contributed by atoms with Gasteiger partial charge in [0.05, 0.1) is 12.3 Å². The van der Waals surface area contributed by atoms with Crippen LogP contribution in [-0.2, 0) is 6.61 Å². The second kappa shape index (κ2) is 3.16. The zero-order chi connectivity index (χ0) is 10.1. The topological polar surface area (TPSA) is 73.6 Å². The lowest BCUT2D eigenvalue weighted by Gasteiger charge is -2.03. The molecule has 0 aliphatic heterocycles. The Labute approximate surface area is 80.1 Å². The van der Waals surface area contributed by atoms with Crippen LogP contribution in [-0.4, -0.2) is 20.3 Å². The smallest absolute Gasteiger partial charge is 0.142 e. The lowest BCUT2D eigenvalue weighted by molar-refractivity contribution is 0.277. The van der Waals surface area contributed by atoms with Gasteiger partial charge in [-0.25, -0.2) is 4.98 Å². The number of hydrogen-bond acceptors (Lipinski definition) is 4. The van der Waals surface area contributed by atoms with Gasteiger partial charge in [0.1, 0.15) is 17.0 Å². The standard InChI is InChI=1S/C10H9NO3/c12-5-6-1-2-7-8(13)3-4-9(14)10(7)11-6/h1-4,12-14H,5H2. The molecule has 1 aromatic carbocycles. The van der Waals surface area contributed by atoms with Crippen molar-refractivity contribution in [2.45, 2.75) is 6.61 Å². The Kier molecular flexibility index (Phi) is 1.98. The Balaban J connectivity index is 2.80. The van der Waals surface area contributed by atoms with E-state index in [0.29, 0.717) is 16.6 Å². The molecule has 14 heavy (non-hydrogen) atoms. The number of fused-ring (bicyclic) bond motifs is 1. The summed E-state index contributed by atoms with van der Waals surface area (Å²) >= 11 is 0. The average Bonchev–Trinajstić information content (AvgIpc) is 2.23. The van der Waals surface area contributed by atoms with Crippen molar-refractivity contribution in [1.82, 2.24) is 4.98 Å². The number of aromatic nitrogens is 1. The predicted molar refractivity (Wildman–Crippen MR) is 51.0 cm³/mol. The number of phenols is 2. The van der Waals surface area contributed by atoms with E-state index in [-0.39, 0.29) is 18.1 Å². The van der Waals surface area contributed by atoms with Crippen molar-refractivity contribution in [3.63, 3.8) is 0 Å². The number of pyridine rings is 1. The molecule has 1 aromatic heterocycles. The van der Waals surface area contributed by atoms with Crippen LogP contribution in [0, 0.1) is 0 Å². The number of nitrogens with zero attached hydrogens (tertiary/aromatic N) is 1. The molecular weight excluding hydrogens is 182 g/mol. The highest BCUT2D eigenvalue weighted by molar-refractivity contribution is 5.89. The molecule has 0 atom stereocenters. The van der Waals surface area contributed by atoms with Crippen LogP contribution in [0.5, 0.6) is 11.5 Å². The van der Waals surface area contributed by atoms with Crippen molar-refractivity contribution >= 4 is 10.9 Å². The Morgan fingerprint density at radius 2 is 1.71 bits per heavy atom. The molecule has 2 aromatic rings. The first kappa shape index (κ1) is 8.77. The summed E-state index contributed by atoms with van der Waals surface area (Å²) in [6.07, 6.45) is 0. The Bertz CT molecular complexity index is 482. The van der Waals surface area contributed by atoms with Crippen molar-refractivity contribution in [2.75, 3.05) is 0 Å². The summed E-state index contributed by atoms with van der Waals surface area (Å²) in [5, 5.41) is 28.2. The van der Waals surface area contributed by atoms with Crippen LogP contribution in [0.2, 0.25) is 0 Å². The van der Waals surface area contributed by atoms with Gasteiger partial charge in [-0.3, -0.25) is 0 Å². The third-order valence-corrected chi connectivity index (χ3v) is 2.03. The molecule has 72 valence electrons. The predicted octanol–water partition coefficient (Wildman–Crippen LogP) is 1.14. The molecule has 0 unspecified atom stereocenters. The highest BCUT2D eigenvalue weighted by Crippen LogP contribution is 2.29. The number of aliphatic hydroxyl groups excluding tert-OH is 1. The zero-order valence-electron chi connectivity index (χ0n) is 7.31. The van der Waals surface area contributed by atoms with Gasteiger partial charge in [-0.1, -0.05) is 0 Å². The van der Waals surface area contributed by atoms with Gasteiger partial charge in [0, 0.05) is 5.39 Å². The summed E-state index contributed by atoms with van der Waals surface area (Å²) in [6, 6.07) is 5.98. The van der Waals surface area contributed by atoms with Crippen molar-refractivity contribution in [1.29, 1.82) is 0 Å². The fraction of sp³-hybridized carbons (Fsp3) is 0.100. The van der Waals surface area contributed by atoms with E-state index in [1.807, 2.05) is 0 Å². The summed E-state index contributed by atoms with van der Waals surface area (Å²) in [5.41, 5.74) is 0.759. The highest BCUT2D eigenvalue weighted by atomic mass is 16.3. The fourth-order valence-corrected chi connectivity index (χ4v) is 1.32. The maximum atomic E-state index is 9.46. The quantitative estimate of drug-likeness (QED) is 0.591. The molecule has 0 amide bonds. The molecule has 0 saturated carbocycles. The number of benzene rings is 1. The molecule has 0 fully saturated rings. The summed E-state index contributed by atoms with van der Waals surface area (Å²) in [4.78, 5) is 3.99. The molecule has 0 saturated heterocycles. The lowest BCUT2D eigenvalue weighted by atomic mass is 10.1. The van der Waals surface area contributed by atoms with E-state index in [0.717, 1.165) is 0 Å². The maximum absolute atomic E-state index is 9.46. The first-order valence-electron chi connectivity index (χ1n) is 4.14. The molecule has 0 radical (unpaired) electrons. The van der Waals surface area contributed by atoms with E-state index in [4.69, 9.17) is 5.11 Å². The molecule has 4 nitrogen and oxygen atoms in total. The zero-order valence-corrected chi connectivity index (χ0v) is 7.31. The van der Waals surface area contributed by atoms with Gasteiger partial charge >= 0.3 is 0 Å². The summed E-state index contributed by atoms with van der Waals surface area (Å²) in [6.45, 7) is -0.189. The van der Waals surface area contributed by atoms with E-state index >= 15 is 0 Å². The van der Waals surface area contributed by atoms with E-state index < -0.39 is 0 Å². The molecule has 2 rings (SSSR count). The van der Waals surface area contributed by atoms with E-state index in [9.17, 15) is 10.2 Å². The normalized spacial score (nSPS) is 10.6. The number of aliphatic hydroxyl groups is 1. The maximum Gasteiger partial charge on any atom is 0.142 e. The van der Waals surface area contributed by atoms with Gasteiger partial charge in [-0.15, -0.1) is 0 Å². The van der Waals surface area contributed by atoms with Gasteiger partial charge in [0.25, 0.3) is 0 Å². The highest BCUT2D eigenvalue weighted by Gasteiger charge is 2.06. The van der Waals surface area contributed by atoms with Crippen LogP contribution in [0.4, 0.5) is 0 Å². The van der Waals surface area contributed by atoms with Crippen molar-refractivity contribution in [3.8, 4) is 11.5 Å². The number of aromatic hydroxyl groups is 2. The number of phenolic OH excluding ortho intramolecular Hbond substituents is 2. The molecule has 0 aliphatic rings. The number of rotatable bonds is 1. The molecule has 3 N–H and O–H groups in total. The van der Waals surface area contributed by atoms with Crippen LogP contribution in [0.1, 0.15) is 5.69 Å². The molecular formula is C10H9NO3. The van der Waals surface area contributed by atoms with Crippen molar-refractivity contribution < 1.29 is 15.3 Å². The van der Waals surface area contributed by atoms with Crippen LogP contribution >= 0.6 is 0 Å². The molecule has 4 heteroatoms. The molecule has 0 aliphatic carbocycles. The van der Waals surface area contributed by atoms with Crippen LogP contribution < -0.4 is 0 Å². The SMILES string of the molecule is OCc1ccc2c(O)ccc(O)c2n1. The largest absolute Gasteiger partial charge is 0.507 e. The minimum absolute atomic E-state index is 0.00639. The minimum Gasteiger partial charge on any atom is -0.507 e. The van der Waals surface area contributed by atoms with Gasteiger partial charge in [0.15, 0.2) is 0 Å². The van der Waals surface area contributed by atoms with Crippen molar-refractivity contribution in [2.24, 2.45) is 0 Å². The minimum atomic E-state index is -0.189. The third-order valence-electron chi connectivity index (χ3n) is 2.03. The summed E-state index contributed by atoms with van der Waals surface area (Å²) in [7, 11) is 0. The van der Waals surface area contributed by atoms with Crippen LogP contribution in [0.25, 0.3) is 10.9 Å². The fourth-order valence-electron chi connectivity index (χ4n) is 1.32. The Morgan fingerprint density at radius 1 is 1.00 bits per heavy atom. The first-order valence-corrected chi connectivity index (χ1v) is 4.14. The second-order valence-electron chi connectivity index (χ2n) is 2.96. The molecule has 0 spiro atoms. The first-order chi connectivity index (χ1) is 6.72. The van der Waals surface area contributed by atoms with Crippen LogP contribution in [0.3, 0.4) is 0 Å². The van der Waals surface area contributed by atoms with Crippen LogP contribution in [0.15, 0.2) is 24.3 Å². The monoisotopic (exact) mass is 191 g/mol. The lowest BCUT2D eigenvalue weighted by Crippen LogP contribution is -1.89. The Morgan fingerprint density at radius 3 is 2.43 bits per heavy atom. The van der Waals surface area contributed by atoms with E-state index in [1.165, 1.54) is 12.1 Å². The van der Waals surface area contributed by atoms with E-state index in [2.05, 4.69) is 4.98 Å². The molecule has 1 heterocycles. The third kappa shape index (κ3) is 1.25. The van der Waals surface area contributed by atoms with Gasteiger partial charge < -0.3 is 15.3 Å². The number of hydrogen-bond donors (Lipinski definition) is 3. The Hall–Kier alpha value is -1.81. The van der Waals surface area contributed by atoms with Gasteiger partial charge in [0.2, 0.25) is 0 Å². The molecule has 0 bridgehead atoms. The summed E-state index contributed by atoms with van der Waals surface area (Å²) in [5.74, 6) is 0.0582. The van der Waals surface area contributed by atoms with E-state index in [1.54, 1.807) is 12.1 Å². The summed E-state index contributed by atoms with van der Waals surface area (Å²) < 4.78 is 0. The van der Waals surface area contributed by atoms with Gasteiger partial charge in [-0.05, 0) is 24.3 Å². The van der Waals surface area contributed by atoms with Crippen molar-refractivity contribution in [3.05, 3.63) is 30.0 Å². The van der Waals surface area contributed by atoms with Gasteiger partial charge in [-0.2, -0.15) is 0 Å². The second-order valence-corrected chi connectivity index (χ2v) is 2.96. The average molecular weight is 191 g/mol.